The van der Waals surface area contributed by atoms with Gasteiger partial charge in [0.25, 0.3) is 0 Å². The van der Waals surface area contributed by atoms with Gasteiger partial charge in [0, 0.05) is 16.7 Å². The van der Waals surface area contributed by atoms with Crippen molar-refractivity contribution in [2.45, 2.75) is 6.92 Å². The first-order valence-corrected chi connectivity index (χ1v) is 7.27. The van der Waals surface area contributed by atoms with Crippen LogP contribution in [-0.4, -0.2) is 16.9 Å². The molecule has 4 nitrogen and oxygen atoms in total. The van der Waals surface area contributed by atoms with E-state index in [1.54, 1.807) is 13.0 Å². The minimum atomic E-state index is -0.738. The van der Waals surface area contributed by atoms with Crippen molar-refractivity contribution in [2.24, 2.45) is 0 Å². The van der Waals surface area contributed by atoms with Gasteiger partial charge < -0.3 is 9.84 Å². The molecule has 0 fully saturated rings. The highest BCUT2D eigenvalue weighted by atomic mass is 35.5. The van der Waals surface area contributed by atoms with Crippen LogP contribution in [-0.2, 0) is 4.79 Å². The van der Waals surface area contributed by atoms with Crippen molar-refractivity contribution in [1.29, 1.82) is 0 Å². The fourth-order valence-electron chi connectivity index (χ4n) is 1.95. The number of ether oxygens (including phenoxy) is 1. The zero-order chi connectivity index (χ0) is 17.1. The first-order valence-electron chi connectivity index (χ1n) is 6.51. The zero-order valence-corrected chi connectivity index (χ0v) is 13.6. The molecule has 0 amide bonds. The van der Waals surface area contributed by atoms with Gasteiger partial charge in [-0.15, -0.1) is 0 Å². The summed E-state index contributed by atoms with van der Waals surface area (Å²) in [6, 6.07) is 7.40. The third-order valence-corrected chi connectivity index (χ3v) is 3.67. The maximum Gasteiger partial charge on any atom is 0.335 e. The number of aryl methyl sites for hydroxylation is 1. The molecule has 0 aliphatic rings. The second kappa shape index (κ2) is 6.86. The SMILES string of the molecule is C=CC(=O)Oc1c(C)ccc(C(=O)c2ccc(Cl)cc2Cl)c1O. The molecule has 0 aromatic heterocycles. The number of benzene rings is 2. The minimum absolute atomic E-state index is 0.0355. The number of carbonyl (C=O) groups is 2. The van der Waals surface area contributed by atoms with Crippen molar-refractivity contribution in [3.05, 3.63) is 69.7 Å². The van der Waals surface area contributed by atoms with Gasteiger partial charge in [-0.3, -0.25) is 4.79 Å². The molecule has 0 aliphatic carbocycles. The van der Waals surface area contributed by atoms with Crippen LogP contribution in [0, 0.1) is 6.92 Å². The van der Waals surface area contributed by atoms with Crippen LogP contribution >= 0.6 is 23.2 Å². The highest BCUT2D eigenvalue weighted by Crippen LogP contribution is 2.36. The molecule has 0 unspecified atom stereocenters. The third-order valence-electron chi connectivity index (χ3n) is 3.12. The Balaban J connectivity index is 2.51. The molecule has 0 aliphatic heterocycles. The van der Waals surface area contributed by atoms with Gasteiger partial charge in [-0.2, -0.15) is 0 Å². The van der Waals surface area contributed by atoms with E-state index in [4.69, 9.17) is 27.9 Å². The Labute approximate surface area is 142 Å². The monoisotopic (exact) mass is 350 g/mol. The van der Waals surface area contributed by atoms with E-state index in [0.717, 1.165) is 6.08 Å². The second-order valence-corrected chi connectivity index (χ2v) is 5.53. The summed E-state index contributed by atoms with van der Waals surface area (Å²) < 4.78 is 4.99. The van der Waals surface area contributed by atoms with Crippen LogP contribution in [0.3, 0.4) is 0 Å². The van der Waals surface area contributed by atoms with E-state index in [1.165, 1.54) is 24.3 Å². The predicted octanol–water partition coefficient (Wildman–Crippen LogP) is 4.33. The molecule has 1 N–H and O–H groups in total. The number of aromatic hydroxyl groups is 1. The lowest BCUT2D eigenvalue weighted by molar-refractivity contribution is -0.129. The van der Waals surface area contributed by atoms with Crippen LogP contribution in [0.5, 0.6) is 11.5 Å². The molecule has 0 bridgehead atoms. The number of ketones is 1. The van der Waals surface area contributed by atoms with Gasteiger partial charge in [-0.1, -0.05) is 35.8 Å². The summed E-state index contributed by atoms with van der Waals surface area (Å²) >= 11 is 11.8. The highest BCUT2D eigenvalue weighted by Gasteiger charge is 2.21. The molecular formula is C17H12Cl2O4. The van der Waals surface area contributed by atoms with Gasteiger partial charge in [-0.05, 0) is 36.8 Å². The predicted molar refractivity (Wildman–Crippen MR) is 88.6 cm³/mol. The molecule has 6 heteroatoms. The fourth-order valence-corrected chi connectivity index (χ4v) is 2.44. The molecule has 2 rings (SSSR count). The maximum atomic E-state index is 12.6. The third kappa shape index (κ3) is 3.55. The van der Waals surface area contributed by atoms with Gasteiger partial charge in [0.05, 0.1) is 10.6 Å². The van der Waals surface area contributed by atoms with Crippen molar-refractivity contribution in [2.75, 3.05) is 0 Å². The first kappa shape index (κ1) is 17.1. The Morgan fingerprint density at radius 3 is 2.43 bits per heavy atom. The number of carbonyl (C=O) groups excluding carboxylic acids is 2. The van der Waals surface area contributed by atoms with Crippen LogP contribution in [0.15, 0.2) is 43.0 Å². The summed E-state index contributed by atoms with van der Waals surface area (Å²) in [6.45, 7) is 4.92. The van der Waals surface area contributed by atoms with Crippen LogP contribution in [0.25, 0.3) is 0 Å². The number of esters is 1. The Hall–Kier alpha value is -2.30. The lowest BCUT2D eigenvalue weighted by Crippen LogP contribution is -2.08. The lowest BCUT2D eigenvalue weighted by Gasteiger charge is -2.12. The van der Waals surface area contributed by atoms with Crippen molar-refractivity contribution in [1.82, 2.24) is 0 Å². The van der Waals surface area contributed by atoms with E-state index in [9.17, 15) is 14.7 Å². The van der Waals surface area contributed by atoms with E-state index in [2.05, 4.69) is 6.58 Å². The number of phenolic OH excluding ortho intramolecular Hbond substituents is 1. The van der Waals surface area contributed by atoms with E-state index in [1.807, 2.05) is 0 Å². The molecule has 0 saturated heterocycles. The molecule has 0 heterocycles. The van der Waals surface area contributed by atoms with Crippen LogP contribution in [0.4, 0.5) is 0 Å². The number of phenols is 1. The molecule has 2 aromatic rings. The minimum Gasteiger partial charge on any atom is -0.504 e. The molecule has 0 spiro atoms. The van der Waals surface area contributed by atoms with Gasteiger partial charge >= 0.3 is 5.97 Å². The Morgan fingerprint density at radius 2 is 1.83 bits per heavy atom. The fraction of sp³-hybridized carbons (Fsp3) is 0.0588. The number of halogens is 2. The molecule has 0 saturated carbocycles. The molecule has 23 heavy (non-hydrogen) atoms. The zero-order valence-electron chi connectivity index (χ0n) is 12.1. The summed E-state index contributed by atoms with van der Waals surface area (Å²) in [5.74, 6) is -1.78. The van der Waals surface area contributed by atoms with Gasteiger partial charge in [0.2, 0.25) is 0 Å². The summed E-state index contributed by atoms with van der Waals surface area (Å²) in [6.07, 6.45) is 0.962. The number of hydrogen-bond donors (Lipinski definition) is 1. The summed E-state index contributed by atoms with van der Waals surface area (Å²) in [5, 5.41) is 10.8. The quantitative estimate of drug-likeness (QED) is 0.385. The average molecular weight is 351 g/mol. The Kier molecular flexibility index (Phi) is 5.08. The molecule has 0 atom stereocenters. The van der Waals surface area contributed by atoms with Crippen molar-refractivity contribution >= 4 is 35.0 Å². The number of rotatable bonds is 4. The maximum absolute atomic E-state index is 12.6. The normalized spacial score (nSPS) is 10.2. The smallest absolute Gasteiger partial charge is 0.335 e. The van der Waals surface area contributed by atoms with Crippen molar-refractivity contribution in [3.8, 4) is 11.5 Å². The second-order valence-electron chi connectivity index (χ2n) is 4.69. The van der Waals surface area contributed by atoms with Crippen LogP contribution in [0.1, 0.15) is 21.5 Å². The topological polar surface area (TPSA) is 63.6 Å². The van der Waals surface area contributed by atoms with Gasteiger partial charge in [0.1, 0.15) is 0 Å². The standard InChI is InChI=1S/C17H12Cl2O4/c1-3-14(20)23-17-9(2)4-6-12(16(17)22)15(21)11-7-5-10(18)8-13(11)19/h3-8,22H,1H2,2H3. The Morgan fingerprint density at radius 1 is 1.17 bits per heavy atom. The van der Waals surface area contributed by atoms with E-state index in [-0.39, 0.29) is 21.9 Å². The Bertz CT molecular complexity index is 812. The van der Waals surface area contributed by atoms with Crippen LogP contribution in [0.2, 0.25) is 10.0 Å². The van der Waals surface area contributed by atoms with Gasteiger partial charge in [-0.25, -0.2) is 4.79 Å². The van der Waals surface area contributed by atoms with Crippen LogP contribution < -0.4 is 4.74 Å². The first-order chi connectivity index (χ1) is 10.8. The average Bonchev–Trinajstić information content (AvgIpc) is 2.50. The molecule has 0 radical (unpaired) electrons. The van der Waals surface area contributed by atoms with E-state index in [0.29, 0.717) is 10.6 Å². The summed E-state index contributed by atoms with van der Waals surface area (Å²) in [7, 11) is 0. The molecule has 118 valence electrons. The van der Waals surface area contributed by atoms with E-state index < -0.39 is 17.5 Å². The highest BCUT2D eigenvalue weighted by molar-refractivity contribution is 6.37. The number of hydrogen-bond acceptors (Lipinski definition) is 4. The van der Waals surface area contributed by atoms with Crippen molar-refractivity contribution < 1.29 is 19.4 Å². The van der Waals surface area contributed by atoms with E-state index >= 15 is 0 Å². The van der Waals surface area contributed by atoms with Crippen molar-refractivity contribution in [3.63, 3.8) is 0 Å². The van der Waals surface area contributed by atoms with Gasteiger partial charge in [0.15, 0.2) is 17.3 Å². The summed E-state index contributed by atoms with van der Waals surface area (Å²) in [5.41, 5.74) is 0.638. The summed E-state index contributed by atoms with van der Waals surface area (Å²) in [4.78, 5) is 23.9. The molecule has 2 aromatic carbocycles. The largest absolute Gasteiger partial charge is 0.504 e. The lowest BCUT2D eigenvalue weighted by atomic mass is 10.0. The molecular weight excluding hydrogens is 339 g/mol.